The lowest BCUT2D eigenvalue weighted by atomic mass is 10.3. The third-order valence-electron chi connectivity index (χ3n) is 2.69. The molecular weight excluding hydrogens is 252 g/mol. The van der Waals surface area contributed by atoms with Crippen molar-refractivity contribution in [1.29, 1.82) is 0 Å². The molecular formula is C13H16O4S. The van der Waals surface area contributed by atoms with Gasteiger partial charge >= 0.3 is 0 Å². The van der Waals surface area contributed by atoms with E-state index in [1.54, 1.807) is 18.2 Å². The maximum Gasteiger partial charge on any atom is 0.187 e. The Balaban J connectivity index is 2.10. The average Bonchev–Trinajstić information content (AvgIpc) is 2.43. The van der Waals surface area contributed by atoms with Gasteiger partial charge in [-0.15, -0.1) is 0 Å². The summed E-state index contributed by atoms with van der Waals surface area (Å²) in [5, 5.41) is 0. The van der Waals surface area contributed by atoms with Crippen LogP contribution < -0.4 is 9.47 Å². The highest BCUT2D eigenvalue weighted by Gasteiger charge is 2.22. The maximum absolute atomic E-state index is 12.0. The normalized spacial score (nSPS) is 19.3. The summed E-state index contributed by atoms with van der Waals surface area (Å²) in [6.07, 6.45) is 2.14. The Morgan fingerprint density at radius 1 is 1.50 bits per heavy atom. The van der Waals surface area contributed by atoms with Gasteiger partial charge in [0, 0.05) is 6.07 Å². The van der Waals surface area contributed by atoms with Crippen LogP contribution in [0.1, 0.15) is 19.8 Å². The first-order valence-electron chi connectivity index (χ1n) is 6.01. The molecule has 0 amide bonds. The van der Waals surface area contributed by atoms with Crippen LogP contribution in [0.25, 0.3) is 0 Å². The van der Waals surface area contributed by atoms with Gasteiger partial charge in [0.05, 0.1) is 0 Å². The van der Waals surface area contributed by atoms with Crippen molar-refractivity contribution in [2.24, 2.45) is 0 Å². The first-order chi connectivity index (χ1) is 8.74. The van der Waals surface area contributed by atoms with E-state index in [4.69, 9.17) is 9.47 Å². The zero-order chi connectivity index (χ0) is 13.0. The van der Waals surface area contributed by atoms with Crippen LogP contribution >= 0.6 is 0 Å². The Morgan fingerprint density at radius 2 is 2.33 bits per heavy atom. The lowest BCUT2D eigenvalue weighted by Crippen LogP contribution is -2.30. The van der Waals surface area contributed by atoms with Gasteiger partial charge in [0.15, 0.2) is 28.8 Å². The van der Waals surface area contributed by atoms with Crippen LogP contribution in [0.5, 0.6) is 11.5 Å². The highest BCUT2D eigenvalue weighted by atomic mass is 32.2. The number of carbonyl (C=O) groups is 1. The van der Waals surface area contributed by atoms with Crippen molar-refractivity contribution in [2.75, 3.05) is 12.4 Å². The van der Waals surface area contributed by atoms with Gasteiger partial charge < -0.3 is 14.0 Å². The second-order valence-electron chi connectivity index (χ2n) is 4.12. The molecule has 0 fully saturated rings. The molecule has 1 aliphatic rings. The van der Waals surface area contributed by atoms with Crippen LogP contribution in [0.15, 0.2) is 23.1 Å². The Bertz CT molecular complexity index is 421. The number of carbonyl (C=O) groups excluding carboxylic acids is 1. The van der Waals surface area contributed by atoms with Crippen molar-refractivity contribution in [1.82, 2.24) is 0 Å². The fourth-order valence-corrected chi connectivity index (χ4v) is 2.91. The highest BCUT2D eigenvalue weighted by molar-refractivity contribution is 7.91. The molecule has 0 N–H and O–H groups in total. The summed E-state index contributed by atoms with van der Waals surface area (Å²) < 4.78 is 22.8. The molecule has 1 aliphatic heterocycles. The minimum absolute atomic E-state index is 0.210. The summed E-state index contributed by atoms with van der Waals surface area (Å²) in [6.45, 7) is 2.28. The van der Waals surface area contributed by atoms with Crippen molar-refractivity contribution in [3.8, 4) is 11.5 Å². The van der Waals surface area contributed by atoms with Crippen LogP contribution in [0.3, 0.4) is 0 Å². The highest BCUT2D eigenvalue weighted by Crippen LogP contribution is 2.33. The number of unbranched alkanes of at least 4 members (excludes halogenated alkanes) is 1. The van der Waals surface area contributed by atoms with Crippen molar-refractivity contribution in [3.63, 3.8) is 0 Å². The summed E-state index contributed by atoms with van der Waals surface area (Å²) in [6, 6.07) is 5.22. The first kappa shape index (κ1) is 13.2. The molecule has 2 atom stereocenters. The van der Waals surface area contributed by atoms with Crippen molar-refractivity contribution < 1.29 is 18.8 Å². The number of rotatable bonds is 5. The van der Waals surface area contributed by atoms with E-state index < -0.39 is 17.3 Å². The first-order valence-corrected chi connectivity index (χ1v) is 7.33. The fraction of sp³-hybridized carbons (Fsp3) is 0.462. The predicted molar refractivity (Wildman–Crippen MR) is 68.6 cm³/mol. The lowest BCUT2D eigenvalue weighted by molar-refractivity contribution is -0.115. The molecule has 1 heterocycles. The molecule has 0 aromatic heterocycles. The van der Waals surface area contributed by atoms with Gasteiger partial charge in [-0.05, 0) is 29.7 Å². The zero-order valence-corrected chi connectivity index (χ0v) is 11.1. The monoisotopic (exact) mass is 268 g/mol. The van der Waals surface area contributed by atoms with Gasteiger partial charge in [0.2, 0.25) is 0 Å². The number of fused-ring (bicyclic) bond motifs is 1. The maximum atomic E-state index is 12.0. The Kier molecular flexibility index (Phi) is 4.49. The topological polar surface area (TPSA) is 58.6 Å². The van der Waals surface area contributed by atoms with Gasteiger partial charge in [-0.25, -0.2) is 0 Å². The summed E-state index contributed by atoms with van der Waals surface area (Å²) in [5.74, 6) is 1.76. The largest absolute Gasteiger partial charge is 0.611 e. The second kappa shape index (κ2) is 6.11. The molecule has 18 heavy (non-hydrogen) atoms. The Labute approximate surface area is 109 Å². The van der Waals surface area contributed by atoms with Crippen LogP contribution in [-0.4, -0.2) is 29.3 Å². The molecule has 0 spiro atoms. The van der Waals surface area contributed by atoms with Gasteiger partial charge in [-0.1, -0.05) is 13.3 Å². The SMILES string of the molecule is CCCC[S+]([O-])c1ccc2c(c1)OCC(C=O)O2. The summed E-state index contributed by atoms with van der Waals surface area (Å²) in [5.41, 5.74) is 0. The summed E-state index contributed by atoms with van der Waals surface area (Å²) in [7, 11) is 0. The molecule has 98 valence electrons. The number of ether oxygens (including phenoxy) is 2. The van der Waals surface area contributed by atoms with Crippen molar-refractivity contribution >= 4 is 17.5 Å². The van der Waals surface area contributed by atoms with Gasteiger partial charge in [0.25, 0.3) is 0 Å². The lowest BCUT2D eigenvalue weighted by Gasteiger charge is -2.23. The van der Waals surface area contributed by atoms with Crippen molar-refractivity contribution in [2.45, 2.75) is 30.8 Å². The zero-order valence-electron chi connectivity index (χ0n) is 10.3. The van der Waals surface area contributed by atoms with E-state index in [1.165, 1.54) is 0 Å². The molecule has 2 rings (SSSR count). The van der Waals surface area contributed by atoms with E-state index in [0.29, 0.717) is 17.3 Å². The van der Waals surface area contributed by atoms with Crippen LogP contribution in [0.2, 0.25) is 0 Å². The van der Waals surface area contributed by atoms with Crippen LogP contribution in [0, 0.1) is 0 Å². The second-order valence-corrected chi connectivity index (χ2v) is 5.69. The van der Waals surface area contributed by atoms with E-state index in [9.17, 15) is 9.35 Å². The molecule has 1 aromatic rings. The number of hydrogen-bond acceptors (Lipinski definition) is 4. The molecule has 0 aliphatic carbocycles. The van der Waals surface area contributed by atoms with E-state index >= 15 is 0 Å². The fourth-order valence-electron chi connectivity index (χ4n) is 1.67. The van der Waals surface area contributed by atoms with Gasteiger partial charge in [-0.3, -0.25) is 4.79 Å². The van der Waals surface area contributed by atoms with E-state index in [2.05, 4.69) is 6.92 Å². The average molecular weight is 268 g/mol. The molecule has 1 aromatic carbocycles. The van der Waals surface area contributed by atoms with Crippen LogP contribution in [0.4, 0.5) is 0 Å². The minimum Gasteiger partial charge on any atom is -0.611 e. The Hall–Kier alpha value is -1.20. The third-order valence-corrected chi connectivity index (χ3v) is 4.13. The Morgan fingerprint density at radius 3 is 3.06 bits per heavy atom. The molecule has 0 bridgehead atoms. The van der Waals surface area contributed by atoms with Gasteiger partial charge in [0.1, 0.15) is 12.4 Å². The molecule has 4 nitrogen and oxygen atoms in total. The van der Waals surface area contributed by atoms with E-state index in [1.807, 2.05) is 0 Å². The van der Waals surface area contributed by atoms with E-state index in [0.717, 1.165) is 24.0 Å². The van der Waals surface area contributed by atoms with Crippen molar-refractivity contribution in [3.05, 3.63) is 18.2 Å². The smallest absolute Gasteiger partial charge is 0.187 e. The quantitative estimate of drug-likeness (QED) is 0.605. The summed E-state index contributed by atoms with van der Waals surface area (Å²) in [4.78, 5) is 11.4. The summed E-state index contributed by atoms with van der Waals surface area (Å²) >= 11 is -0.997. The molecule has 0 saturated carbocycles. The standard InChI is InChI=1S/C13H16O4S/c1-2-3-6-18(15)11-4-5-12-13(7-11)16-9-10(8-14)17-12/h4-5,7-8,10H,2-3,6,9H2,1H3. The number of hydrogen-bond donors (Lipinski definition) is 0. The number of aldehydes is 1. The molecule has 5 heteroatoms. The minimum atomic E-state index is -0.997. The van der Waals surface area contributed by atoms with E-state index in [-0.39, 0.29) is 6.61 Å². The molecule has 0 saturated heterocycles. The van der Waals surface area contributed by atoms with Crippen LogP contribution in [-0.2, 0) is 16.0 Å². The third kappa shape index (κ3) is 2.97. The molecule has 2 unspecified atom stereocenters. The van der Waals surface area contributed by atoms with Gasteiger partial charge in [-0.2, -0.15) is 0 Å². The number of benzene rings is 1. The molecule has 0 radical (unpaired) electrons. The predicted octanol–water partition coefficient (Wildman–Crippen LogP) is 1.93.